The molecule has 7 nitrogen and oxygen atoms in total. The van der Waals surface area contributed by atoms with Gasteiger partial charge in [-0.2, -0.15) is 4.98 Å². The van der Waals surface area contributed by atoms with E-state index >= 15 is 0 Å². The van der Waals surface area contributed by atoms with Crippen molar-refractivity contribution in [1.29, 1.82) is 0 Å². The number of hydrogen-bond acceptors (Lipinski definition) is 5. The second kappa shape index (κ2) is 8.02. The quantitative estimate of drug-likeness (QED) is 0.650. The Balaban J connectivity index is 1.49. The van der Waals surface area contributed by atoms with Gasteiger partial charge in [0.2, 0.25) is 5.95 Å². The number of carbonyl (C=O) groups excluding carboxylic acids is 1. The van der Waals surface area contributed by atoms with Crippen molar-refractivity contribution in [2.24, 2.45) is 0 Å². The van der Waals surface area contributed by atoms with E-state index < -0.39 is 0 Å². The molecule has 7 heteroatoms. The van der Waals surface area contributed by atoms with E-state index in [2.05, 4.69) is 26.8 Å². The summed E-state index contributed by atoms with van der Waals surface area (Å²) in [7, 11) is 1.62. The molecule has 4 rings (SSSR count). The van der Waals surface area contributed by atoms with Crippen molar-refractivity contribution in [3.8, 4) is 5.75 Å². The van der Waals surface area contributed by atoms with Crippen molar-refractivity contribution in [3.63, 3.8) is 0 Å². The van der Waals surface area contributed by atoms with Crippen molar-refractivity contribution in [2.75, 3.05) is 17.7 Å². The second-order valence-corrected chi connectivity index (χ2v) is 6.63. The minimum atomic E-state index is -0.301. The Hall–Kier alpha value is -3.87. The Morgan fingerprint density at radius 2 is 1.93 bits per heavy atom. The predicted octanol–water partition coefficient (Wildman–Crippen LogP) is 3.86. The van der Waals surface area contributed by atoms with Crippen LogP contribution in [0, 0.1) is 0 Å². The third kappa shape index (κ3) is 4.19. The first kappa shape index (κ1) is 18.5. The number of carbonyl (C=O) groups is 1. The molecule has 1 aromatic heterocycles. The highest BCUT2D eigenvalue weighted by Crippen LogP contribution is 2.29. The summed E-state index contributed by atoms with van der Waals surface area (Å²) in [5.74, 6) is 1.31. The number of benzene rings is 2. The molecule has 0 fully saturated rings. The molecule has 1 aliphatic rings. The third-order valence-corrected chi connectivity index (χ3v) is 4.53. The van der Waals surface area contributed by atoms with Gasteiger partial charge in [0.1, 0.15) is 11.8 Å². The lowest BCUT2D eigenvalue weighted by atomic mass is 10.1. The van der Waals surface area contributed by atoms with Crippen molar-refractivity contribution in [3.05, 3.63) is 83.6 Å². The smallest absolute Gasteiger partial charge is 0.250 e. The molecule has 2 heterocycles. The molecule has 1 aliphatic heterocycles. The molecule has 0 aliphatic carbocycles. The number of methoxy groups -OCH3 is 1. The van der Waals surface area contributed by atoms with E-state index in [1.807, 2.05) is 61.5 Å². The standard InChI is InChI=1S/C22H21N5O2/c1-15-14-19(17-6-4-3-5-7-17)27-22(23-15)25-21(26-27)24-20(28)13-10-16-8-11-18(29-2)12-9-16/h3-14,19H,1-2H3,(H2,23,24,25,26,28)/b13-10+. The van der Waals surface area contributed by atoms with Crippen LogP contribution >= 0.6 is 0 Å². The molecule has 1 atom stereocenters. The average Bonchev–Trinajstić information content (AvgIpc) is 3.14. The van der Waals surface area contributed by atoms with Crippen LogP contribution in [0.2, 0.25) is 0 Å². The zero-order chi connectivity index (χ0) is 20.2. The van der Waals surface area contributed by atoms with E-state index in [9.17, 15) is 4.79 Å². The Kier molecular flexibility index (Phi) is 5.11. The number of anilines is 2. The van der Waals surface area contributed by atoms with Crippen molar-refractivity contribution < 1.29 is 9.53 Å². The molecule has 29 heavy (non-hydrogen) atoms. The molecule has 0 saturated heterocycles. The van der Waals surface area contributed by atoms with Crippen molar-refractivity contribution in [1.82, 2.24) is 14.8 Å². The fraction of sp³-hybridized carbons (Fsp3) is 0.136. The van der Waals surface area contributed by atoms with Crippen LogP contribution < -0.4 is 15.4 Å². The lowest BCUT2D eigenvalue weighted by molar-refractivity contribution is -0.111. The SMILES string of the molecule is COc1ccc(/C=C/C(=O)Nc2nc3n(n2)C(c2ccccc2)C=C(C)N3)cc1. The highest BCUT2D eigenvalue weighted by molar-refractivity contribution is 6.00. The third-order valence-electron chi connectivity index (χ3n) is 4.53. The summed E-state index contributed by atoms with van der Waals surface area (Å²) in [6.07, 6.45) is 5.25. The van der Waals surface area contributed by atoms with Crippen LogP contribution in [0.15, 0.2) is 72.4 Å². The Morgan fingerprint density at radius 3 is 2.66 bits per heavy atom. The van der Waals surface area contributed by atoms with Crippen molar-refractivity contribution in [2.45, 2.75) is 13.0 Å². The molecule has 3 aromatic rings. The normalized spacial score (nSPS) is 15.4. The minimum Gasteiger partial charge on any atom is -0.497 e. The van der Waals surface area contributed by atoms with E-state index in [-0.39, 0.29) is 17.9 Å². The molecular formula is C22H21N5O2. The number of nitrogens with zero attached hydrogens (tertiary/aromatic N) is 3. The van der Waals surface area contributed by atoms with E-state index in [0.29, 0.717) is 5.95 Å². The molecule has 2 aromatic carbocycles. The summed E-state index contributed by atoms with van der Waals surface area (Å²) >= 11 is 0. The van der Waals surface area contributed by atoms with Gasteiger partial charge in [-0.05, 0) is 42.3 Å². The summed E-state index contributed by atoms with van der Waals surface area (Å²) in [6, 6.07) is 17.4. The lowest BCUT2D eigenvalue weighted by Gasteiger charge is -2.22. The highest BCUT2D eigenvalue weighted by Gasteiger charge is 2.23. The first-order chi connectivity index (χ1) is 14.1. The summed E-state index contributed by atoms with van der Waals surface area (Å²) in [4.78, 5) is 16.7. The number of amides is 1. The van der Waals surface area contributed by atoms with Gasteiger partial charge in [-0.1, -0.05) is 42.5 Å². The molecule has 0 bridgehead atoms. The second-order valence-electron chi connectivity index (χ2n) is 6.63. The molecule has 0 saturated carbocycles. The number of aromatic nitrogens is 3. The first-order valence-electron chi connectivity index (χ1n) is 9.22. The van der Waals surface area contributed by atoms with Crippen LogP contribution in [0.4, 0.5) is 11.9 Å². The van der Waals surface area contributed by atoms with Gasteiger partial charge in [-0.25, -0.2) is 4.68 Å². The van der Waals surface area contributed by atoms with Gasteiger partial charge >= 0.3 is 0 Å². The highest BCUT2D eigenvalue weighted by atomic mass is 16.5. The van der Waals surface area contributed by atoms with Crippen LogP contribution in [0.5, 0.6) is 5.75 Å². The Bertz CT molecular complexity index is 1070. The van der Waals surface area contributed by atoms with Crippen LogP contribution in [0.25, 0.3) is 6.08 Å². The van der Waals surface area contributed by atoms with E-state index in [1.165, 1.54) is 6.08 Å². The van der Waals surface area contributed by atoms with Gasteiger partial charge in [0.15, 0.2) is 0 Å². The topological polar surface area (TPSA) is 81.1 Å². The van der Waals surface area contributed by atoms with Gasteiger partial charge in [0.05, 0.1) is 7.11 Å². The monoisotopic (exact) mass is 387 g/mol. The number of fused-ring (bicyclic) bond motifs is 1. The number of hydrogen-bond donors (Lipinski definition) is 2. The Labute approximate surface area is 168 Å². The van der Waals surface area contributed by atoms with Crippen LogP contribution in [0.1, 0.15) is 24.1 Å². The number of ether oxygens (including phenoxy) is 1. The van der Waals surface area contributed by atoms with Crippen LogP contribution in [0.3, 0.4) is 0 Å². The summed E-state index contributed by atoms with van der Waals surface area (Å²) in [5.41, 5.74) is 2.97. The average molecular weight is 387 g/mol. The Morgan fingerprint density at radius 1 is 1.17 bits per heavy atom. The largest absolute Gasteiger partial charge is 0.497 e. The summed E-state index contributed by atoms with van der Waals surface area (Å²) in [6.45, 7) is 1.98. The van der Waals surface area contributed by atoms with Gasteiger partial charge in [-0.15, -0.1) is 5.10 Å². The van der Waals surface area contributed by atoms with E-state index in [4.69, 9.17) is 4.74 Å². The molecule has 2 N–H and O–H groups in total. The maximum Gasteiger partial charge on any atom is 0.250 e. The number of rotatable bonds is 5. The number of allylic oxidation sites excluding steroid dienone is 2. The van der Waals surface area contributed by atoms with Gasteiger partial charge < -0.3 is 10.1 Å². The van der Waals surface area contributed by atoms with Gasteiger partial charge in [0.25, 0.3) is 11.9 Å². The zero-order valence-corrected chi connectivity index (χ0v) is 16.2. The zero-order valence-electron chi connectivity index (χ0n) is 16.2. The molecule has 1 amide bonds. The van der Waals surface area contributed by atoms with E-state index in [1.54, 1.807) is 17.9 Å². The number of nitrogens with one attached hydrogen (secondary N) is 2. The summed E-state index contributed by atoms with van der Waals surface area (Å²) in [5, 5.41) is 10.4. The summed E-state index contributed by atoms with van der Waals surface area (Å²) < 4.78 is 6.90. The molecular weight excluding hydrogens is 366 g/mol. The molecule has 0 spiro atoms. The van der Waals surface area contributed by atoms with Gasteiger partial charge in [-0.3, -0.25) is 10.1 Å². The van der Waals surface area contributed by atoms with Crippen LogP contribution in [-0.4, -0.2) is 27.8 Å². The lowest BCUT2D eigenvalue weighted by Crippen LogP contribution is -2.19. The predicted molar refractivity (Wildman–Crippen MR) is 113 cm³/mol. The van der Waals surface area contributed by atoms with E-state index in [0.717, 1.165) is 22.6 Å². The molecule has 146 valence electrons. The molecule has 1 unspecified atom stereocenters. The maximum atomic E-state index is 12.3. The maximum absolute atomic E-state index is 12.3. The molecule has 0 radical (unpaired) electrons. The fourth-order valence-corrected chi connectivity index (χ4v) is 3.11. The van der Waals surface area contributed by atoms with Crippen LogP contribution in [-0.2, 0) is 4.79 Å². The van der Waals surface area contributed by atoms with Gasteiger partial charge in [0, 0.05) is 11.8 Å². The first-order valence-corrected chi connectivity index (χ1v) is 9.22. The van der Waals surface area contributed by atoms with Crippen molar-refractivity contribution >= 4 is 23.9 Å². The minimum absolute atomic E-state index is 0.0829. The fourth-order valence-electron chi connectivity index (χ4n) is 3.11.